The molecule has 1 aliphatic rings. The number of halogens is 4. The fraction of sp³-hybridized carbons (Fsp3) is 0.455. The summed E-state index contributed by atoms with van der Waals surface area (Å²) in [5, 5.41) is 9.48. The first kappa shape index (κ1) is 11.4. The predicted molar refractivity (Wildman–Crippen MR) is 48.8 cm³/mol. The highest BCUT2D eigenvalue weighted by Gasteiger charge is 2.40. The fourth-order valence-corrected chi connectivity index (χ4v) is 1.59. The Hall–Kier alpha value is -1.10. The van der Waals surface area contributed by atoms with E-state index in [4.69, 9.17) is 0 Å². The first-order valence-corrected chi connectivity index (χ1v) is 4.97. The summed E-state index contributed by atoms with van der Waals surface area (Å²) in [5.74, 6) is -5.56. The standard InChI is InChI=1S/C11H10F4O/c12-7-5-8(13)10(15)6(9(7)14)1-2-11(16)3-4-11/h5,16H,1-4H2. The third-order valence-electron chi connectivity index (χ3n) is 2.87. The number of rotatable bonds is 3. The van der Waals surface area contributed by atoms with Crippen molar-refractivity contribution < 1.29 is 22.7 Å². The molecule has 1 aliphatic carbocycles. The molecule has 16 heavy (non-hydrogen) atoms. The van der Waals surface area contributed by atoms with E-state index in [0.29, 0.717) is 12.8 Å². The smallest absolute Gasteiger partial charge is 0.165 e. The van der Waals surface area contributed by atoms with E-state index in [2.05, 4.69) is 0 Å². The van der Waals surface area contributed by atoms with E-state index in [1.165, 1.54) is 0 Å². The lowest BCUT2D eigenvalue weighted by Gasteiger charge is -2.09. The SMILES string of the molecule is OC1(CCc2c(F)c(F)cc(F)c2F)CC1. The van der Waals surface area contributed by atoms with Gasteiger partial charge in [0.1, 0.15) is 0 Å². The second kappa shape index (κ2) is 3.73. The van der Waals surface area contributed by atoms with Crippen molar-refractivity contribution in [3.63, 3.8) is 0 Å². The summed E-state index contributed by atoms with van der Waals surface area (Å²) >= 11 is 0. The maximum absolute atomic E-state index is 13.2. The van der Waals surface area contributed by atoms with Gasteiger partial charge in [-0.3, -0.25) is 0 Å². The second-order valence-corrected chi connectivity index (χ2v) is 4.17. The Labute approximate surface area is 89.7 Å². The maximum Gasteiger partial charge on any atom is 0.165 e. The molecule has 1 N–H and O–H groups in total. The summed E-state index contributed by atoms with van der Waals surface area (Å²) in [5.41, 5.74) is -1.53. The van der Waals surface area contributed by atoms with Crippen LogP contribution >= 0.6 is 0 Å². The molecule has 5 heteroatoms. The van der Waals surface area contributed by atoms with Gasteiger partial charge < -0.3 is 5.11 Å². The molecule has 0 spiro atoms. The van der Waals surface area contributed by atoms with Crippen LogP contribution < -0.4 is 0 Å². The minimum absolute atomic E-state index is 0.115. The van der Waals surface area contributed by atoms with E-state index < -0.39 is 34.4 Å². The van der Waals surface area contributed by atoms with Gasteiger partial charge in [-0.25, -0.2) is 17.6 Å². The van der Waals surface area contributed by atoms with E-state index in [1.807, 2.05) is 0 Å². The summed E-state index contributed by atoms with van der Waals surface area (Å²) in [4.78, 5) is 0. The highest BCUT2D eigenvalue weighted by molar-refractivity contribution is 5.23. The lowest BCUT2D eigenvalue weighted by molar-refractivity contribution is 0.139. The largest absolute Gasteiger partial charge is 0.390 e. The third-order valence-corrected chi connectivity index (χ3v) is 2.87. The van der Waals surface area contributed by atoms with Gasteiger partial charge in [0.05, 0.1) is 5.60 Å². The van der Waals surface area contributed by atoms with E-state index in [0.717, 1.165) is 0 Å². The van der Waals surface area contributed by atoms with Crippen LogP contribution in [0.4, 0.5) is 17.6 Å². The van der Waals surface area contributed by atoms with Crippen LogP contribution in [0.15, 0.2) is 6.07 Å². The second-order valence-electron chi connectivity index (χ2n) is 4.17. The van der Waals surface area contributed by atoms with Crippen molar-refractivity contribution in [3.05, 3.63) is 34.9 Å². The van der Waals surface area contributed by atoms with E-state index >= 15 is 0 Å². The molecule has 0 bridgehead atoms. The number of benzene rings is 1. The van der Waals surface area contributed by atoms with E-state index in [1.54, 1.807) is 0 Å². The quantitative estimate of drug-likeness (QED) is 0.629. The third kappa shape index (κ3) is 2.04. The molecule has 1 aromatic carbocycles. The molecule has 1 saturated carbocycles. The van der Waals surface area contributed by atoms with Crippen LogP contribution in [0, 0.1) is 23.3 Å². The molecule has 0 unspecified atom stereocenters. The number of aliphatic hydroxyl groups is 1. The first-order chi connectivity index (χ1) is 7.43. The molecular weight excluding hydrogens is 224 g/mol. The summed E-state index contributed by atoms with van der Waals surface area (Å²) in [6.07, 6.45) is 1.04. The molecule has 2 rings (SSSR count). The number of hydrogen-bond acceptors (Lipinski definition) is 1. The van der Waals surface area contributed by atoms with Crippen molar-refractivity contribution in [2.75, 3.05) is 0 Å². The minimum atomic E-state index is -1.41. The molecule has 0 aliphatic heterocycles. The zero-order chi connectivity index (χ0) is 11.9. The highest BCUT2D eigenvalue weighted by atomic mass is 19.2. The van der Waals surface area contributed by atoms with E-state index in [-0.39, 0.29) is 18.9 Å². The molecule has 1 fully saturated rings. The summed E-state index contributed by atoms with van der Waals surface area (Å²) in [6, 6.07) is 0.181. The van der Waals surface area contributed by atoms with Gasteiger partial charge in [-0.2, -0.15) is 0 Å². The van der Waals surface area contributed by atoms with Crippen molar-refractivity contribution in [1.29, 1.82) is 0 Å². The Morgan fingerprint density at radius 3 is 2.00 bits per heavy atom. The zero-order valence-corrected chi connectivity index (χ0v) is 8.36. The summed E-state index contributed by atoms with van der Waals surface area (Å²) in [7, 11) is 0. The van der Waals surface area contributed by atoms with Crippen LogP contribution in [0.5, 0.6) is 0 Å². The molecule has 0 aromatic heterocycles. The Bertz CT molecular complexity index is 400. The zero-order valence-electron chi connectivity index (χ0n) is 8.36. The predicted octanol–water partition coefficient (Wildman–Crippen LogP) is 2.70. The van der Waals surface area contributed by atoms with E-state index in [9.17, 15) is 22.7 Å². The molecule has 0 amide bonds. The lowest BCUT2D eigenvalue weighted by Crippen LogP contribution is -2.11. The molecule has 0 heterocycles. The maximum atomic E-state index is 13.2. The monoisotopic (exact) mass is 234 g/mol. The van der Waals surface area contributed by atoms with Crippen molar-refractivity contribution in [1.82, 2.24) is 0 Å². The van der Waals surface area contributed by atoms with Gasteiger partial charge in [0.25, 0.3) is 0 Å². The van der Waals surface area contributed by atoms with Crippen molar-refractivity contribution >= 4 is 0 Å². The van der Waals surface area contributed by atoms with Crippen LogP contribution in [-0.2, 0) is 6.42 Å². The normalized spacial score (nSPS) is 17.6. The van der Waals surface area contributed by atoms with Crippen molar-refractivity contribution in [2.45, 2.75) is 31.3 Å². The Morgan fingerprint density at radius 1 is 1.06 bits per heavy atom. The topological polar surface area (TPSA) is 20.2 Å². The first-order valence-electron chi connectivity index (χ1n) is 4.97. The molecule has 1 nitrogen and oxygen atoms in total. The van der Waals surface area contributed by atoms with Gasteiger partial charge in [-0.05, 0) is 25.7 Å². The molecule has 0 atom stereocenters. The average molecular weight is 234 g/mol. The van der Waals surface area contributed by atoms with Gasteiger partial charge in [-0.15, -0.1) is 0 Å². The van der Waals surface area contributed by atoms with Crippen LogP contribution in [0.3, 0.4) is 0 Å². The van der Waals surface area contributed by atoms with Crippen LogP contribution in [0.1, 0.15) is 24.8 Å². The Kier molecular flexibility index (Phi) is 2.66. The van der Waals surface area contributed by atoms with Gasteiger partial charge in [0.15, 0.2) is 23.3 Å². The average Bonchev–Trinajstić information content (AvgIpc) is 2.94. The molecule has 0 radical (unpaired) electrons. The van der Waals surface area contributed by atoms with Crippen LogP contribution in [-0.4, -0.2) is 10.7 Å². The fourth-order valence-electron chi connectivity index (χ4n) is 1.59. The minimum Gasteiger partial charge on any atom is -0.390 e. The Morgan fingerprint density at radius 2 is 1.56 bits per heavy atom. The highest BCUT2D eigenvalue weighted by Crippen LogP contribution is 2.39. The molecule has 1 aromatic rings. The van der Waals surface area contributed by atoms with Crippen molar-refractivity contribution in [3.8, 4) is 0 Å². The van der Waals surface area contributed by atoms with Gasteiger partial charge in [0, 0.05) is 11.6 Å². The van der Waals surface area contributed by atoms with Gasteiger partial charge >= 0.3 is 0 Å². The molecular formula is C11H10F4O. The van der Waals surface area contributed by atoms with Crippen LogP contribution in [0.25, 0.3) is 0 Å². The van der Waals surface area contributed by atoms with Gasteiger partial charge in [0.2, 0.25) is 0 Å². The van der Waals surface area contributed by atoms with Crippen LogP contribution in [0.2, 0.25) is 0 Å². The van der Waals surface area contributed by atoms with Gasteiger partial charge in [-0.1, -0.05) is 0 Å². The number of hydrogen-bond donors (Lipinski definition) is 1. The lowest BCUT2D eigenvalue weighted by atomic mass is 10.0. The Balaban J connectivity index is 2.24. The summed E-state index contributed by atoms with van der Waals surface area (Å²) < 4.78 is 52.0. The van der Waals surface area contributed by atoms with Crippen molar-refractivity contribution in [2.24, 2.45) is 0 Å². The molecule has 88 valence electrons. The summed E-state index contributed by atoms with van der Waals surface area (Å²) in [6.45, 7) is 0. The molecule has 0 saturated heterocycles.